The number of carbonyl (C=O) groups excluding carboxylic acids is 1. The van der Waals surface area contributed by atoms with Crippen LogP contribution < -0.4 is 0 Å². The van der Waals surface area contributed by atoms with Gasteiger partial charge in [-0.25, -0.2) is 9.78 Å². The third kappa shape index (κ3) is 6.01. The molecule has 0 fully saturated rings. The zero-order valence-electron chi connectivity index (χ0n) is 21.3. The summed E-state index contributed by atoms with van der Waals surface area (Å²) in [6.07, 6.45) is -1.10. The van der Waals surface area contributed by atoms with Gasteiger partial charge in [-0.1, -0.05) is 65.3 Å². The summed E-state index contributed by atoms with van der Waals surface area (Å²) in [5, 5.41) is 13.1. The minimum absolute atomic E-state index is 0.0817. The van der Waals surface area contributed by atoms with Crippen LogP contribution in [0.5, 0.6) is 0 Å². The molecule has 0 bridgehead atoms. The van der Waals surface area contributed by atoms with Gasteiger partial charge in [0.25, 0.3) is 0 Å². The van der Waals surface area contributed by atoms with Crippen LogP contribution in [0.2, 0.25) is 5.02 Å². The van der Waals surface area contributed by atoms with Crippen molar-refractivity contribution in [3.05, 3.63) is 51.0 Å². The molecule has 0 amide bonds. The van der Waals surface area contributed by atoms with E-state index in [0.717, 1.165) is 0 Å². The lowest BCUT2D eigenvalue weighted by molar-refractivity contribution is 0.0513. The molecule has 0 radical (unpaired) electrons. The van der Waals surface area contributed by atoms with Crippen LogP contribution in [-0.2, 0) is 8.92 Å². The topological polar surface area (TPSA) is 73.6 Å². The number of aromatic nitrogens is 2. The average Bonchev–Trinajstić information content (AvgIpc) is 3.10. The molecule has 0 saturated carbocycles. The Morgan fingerprint density at radius 2 is 1.62 bits per heavy atom. The lowest BCUT2D eigenvalue weighted by Crippen LogP contribution is -2.32. The third-order valence-corrected chi connectivity index (χ3v) is 11.8. The van der Waals surface area contributed by atoms with Gasteiger partial charge in [0.1, 0.15) is 6.10 Å². The number of aliphatic hydroxyl groups excluding tert-OH is 1. The molecule has 1 aromatic carbocycles. The number of carbonyl (C=O) groups is 1. The first-order valence-electron chi connectivity index (χ1n) is 11.7. The van der Waals surface area contributed by atoms with Crippen LogP contribution in [0.1, 0.15) is 89.3 Å². The molecule has 1 unspecified atom stereocenters. The van der Waals surface area contributed by atoms with Crippen molar-refractivity contribution in [2.24, 2.45) is 0 Å². The Bertz CT molecular complexity index is 941. The summed E-state index contributed by atoms with van der Waals surface area (Å²) in [6, 6.07) is 6.68. The molecule has 0 aliphatic heterocycles. The molecular formula is C25H38BrClN2O4S. The summed E-state index contributed by atoms with van der Waals surface area (Å²) in [5.74, 6) is -0.579. The van der Waals surface area contributed by atoms with Crippen LogP contribution in [0, 0.1) is 0 Å². The molecule has 34 heavy (non-hydrogen) atoms. The number of hydrogen-bond donors (Lipinski definition) is 1. The average molecular weight is 578 g/mol. The smallest absolute Gasteiger partial charge is 0.358 e. The summed E-state index contributed by atoms with van der Waals surface area (Å²) < 4.78 is 14.3. The molecule has 1 N–H and O–H groups in total. The van der Waals surface area contributed by atoms with Crippen molar-refractivity contribution in [2.45, 2.75) is 83.3 Å². The van der Waals surface area contributed by atoms with E-state index in [1.54, 1.807) is 31.2 Å². The van der Waals surface area contributed by atoms with Crippen LogP contribution in [0.3, 0.4) is 0 Å². The molecule has 192 valence electrons. The number of benzene rings is 1. The van der Waals surface area contributed by atoms with Crippen LogP contribution in [0.15, 0.2) is 29.0 Å². The molecule has 0 spiro atoms. The number of hydrogen-bond acceptors (Lipinski definition) is 5. The second-order valence-corrected chi connectivity index (χ2v) is 14.7. The predicted molar refractivity (Wildman–Crippen MR) is 145 cm³/mol. The van der Waals surface area contributed by atoms with Crippen molar-refractivity contribution in [3.63, 3.8) is 0 Å². The standard InChI is InChI=1S/C25H38BrClN2O4S/c1-9-32-24(31)21-22(23(30)19-10-12-20(27)13-11-19)29(25(26)28-21)18(8)14-33-34(15(2)3,16(4)5)17(6)7/h10-13,15-18,23,30H,9,14H2,1-8H3/t18-,23?/m0/s1. The minimum Gasteiger partial charge on any atom is -0.461 e. The van der Waals surface area contributed by atoms with Crippen molar-refractivity contribution in [1.82, 2.24) is 9.55 Å². The lowest BCUT2D eigenvalue weighted by atomic mass is 10.0. The zero-order valence-corrected chi connectivity index (χ0v) is 24.5. The quantitative estimate of drug-likeness (QED) is 0.289. The first-order chi connectivity index (χ1) is 15.9. The number of nitrogens with zero attached hydrogens (tertiary/aromatic N) is 2. The number of aliphatic hydroxyl groups is 1. The van der Waals surface area contributed by atoms with E-state index in [1.807, 2.05) is 11.5 Å². The second-order valence-electron chi connectivity index (χ2n) is 9.14. The highest BCUT2D eigenvalue weighted by molar-refractivity contribution is 9.10. The van der Waals surface area contributed by atoms with E-state index in [-0.39, 0.29) is 18.3 Å². The Kier molecular flexibility index (Phi) is 10.5. The van der Waals surface area contributed by atoms with Crippen molar-refractivity contribution in [1.29, 1.82) is 0 Å². The maximum absolute atomic E-state index is 12.8. The van der Waals surface area contributed by atoms with Crippen LogP contribution >= 0.6 is 37.8 Å². The van der Waals surface area contributed by atoms with E-state index in [0.29, 0.717) is 43.4 Å². The second kappa shape index (κ2) is 12.3. The predicted octanol–water partition coefficient (Wildman–Crippen LogP) is 7.08. The number of ether oxygens (including phenoxy) is 1. The van der Waals surface area contributed by atoms with Gasteiger partial charge in [0.2, 0.25) is 0 Å². The molecule has 0 aliphatic rings. The maximum Gasteiger partial charge on any atom is 0.358 e. The third-order valence-electron chi connectivity index (χ3n) is 5.98. The Hall–Kier alpha value is -1.06. The largest absolute Gasteiger partial charge is 0.461 e. The lowest BCUT2D eigenvalue weighted by Gasteiger charge is -2.50. The van der Waals surface area contributed by atoms with E-state index in [4.69, 9.17) is 20.5 Å². The van der Waals surface area contributed by atoms with Gasteiger partial charge >= 0.3 is 5.97 Å². The van der Waals surface area contributed by atoms with E-state index < -0.39 is 22.4 Å². The minimum atomic E-state index is -1.39. The Morgan fingerprint density at radius 3 is 2.09 bits per heavy atom. The van der Waals surface area contributed by atoms with Crippen molar-refractivity contribution >= 4 is 43.8 Å². The highest BCUT2D eigenvalue weighted by Crippen LogP contribution is 2.61. The van der Waals surface area contributed by atoms with Crippen molar-refractivity contribution in [2.75, 3.05) is 13.2 Å². The van der Waals surface area contributed by atoms with Gasteiger partial charge < -0.3 is 18.6 Å². The van der Waals surface area contributed by atoms with Gasteiger partial charge in [0, 0.05) is 20.8 Å². The van der Waals surface area contributed by atoms with E-state index in [2.05, 4.69) is 62.5 Å². The molecule has 0 saturated heterocycles. The first kappa shape index (κ1) is 29.2. The maximum atomic E-state index is 12.8. The van der Waals surface area contributed by atoms with Gasteiger partial charge in [0.15, 0.2) is 10.4 Å². The van der Waals surface area contributed by atoms with Gasteiger partial charge in [-0.15, -0.1) is 10.3 Å². The van der Waals surface area contributed by atoms with Crippen LogP contribution in [0.25, 0.3) is 0 Å². The highest BCUT2D eigenvalue weighted by Gasteiger charge is 2.37. The van der Waals surface area contributed by atoms with Gasteiger partial charge in [-0.2, -0.15) is 0 Å². The molecule has 9 heteroatoms. The van der Waals surface area contributed by atoms with Crippen molar-refractivity contribution in [3.8, 4) is 0 Å². The fourth-order valence-corrected chi connectivity index (χ4v) is 9.94. The summed E-state index contributed by atoms with van der Waals surface area (Å²) in [4.78, 5) is 17.2. The van der Waals surface area contributed by atoms with Gasteiger partial charge in [-0.3, -0.25) is 0 Å². The summed E-state index contributed by atoms with van der Waals surface area (Å²) >= 11 is 9.55. The summed E-state index contributed by atoms with van der Waals surface area (Å²) in [7, 11) is -1.39. The van der Waals surface area contributed by atoms with Gasteiger partial charge in [-0.05, 0) is 47.5 Å². The first-order valence-corrected chi connectivity index (χ1v) is 14.6. The zero-order chi connectivity index (χ0) is 25.8. The summed E-state index contributed by atoms with van der Waals surface area (Å²) in [6.45, 7) is 17.7. The van der Waals surface area contributed by atoms with Crippen molar-refractivity contribution < 1.29 is 18.8 Å². The normalized spacial score (nSPS) is 14.6. The monoisotopic (exact) mass is 576 g/mol. The molecule has 1 heterocycles. The number of esters is 1. The molecule has 1 aromatic heterocycles. The van der Waals surface area contributed by atoms with Crippen LogP contribution in [0.4, 0.5) is 0 Å². The van der Waals surface area contributed by atoms with E-state index in [9.17, 15) is 9.90 Å². The number of halogens is 2. The molecule has 2 aromatic rings. The Labute approximate surface area is 219 Å². The summed E-state index contributed by atoms with van der Waals surface area (Å²) in [5.41, 5.74) is 1.05. The molecule has 2 rings (SSSR count). The SMILES string of the molecule is CCOC(=O)c1nc(Br)n([C@@H](C)COS(C(C)C)(C(C)C)C(C)C)c1C(O)c1ccc(Cl)cc1. The Morgan fingerprint density at radius 1 is 1.09 bits per heavy atom. The fourth-order valence-electron chi connectivity index (χ4n) is 4.58. The molecule has 6 nitrogen and oxygen atoms in total. The van der Waals surface area contributed by atoms with Crippen LogP contribution in [-0.4, -0.2) is 49.6 Å². The van der Waals surface area contributed by atoms with E-state index in [1.165, 1.54) is 0 Å². The molecular weight excluding hydrogens is 540 g/mol. The van der Waals surface area contributed by atoms with E-state index >= 15 is 0 Å². The number of rotatable bonds is 11. The molecule has 2 atom stereocenters. The highest BCUT2D eigenvalue weighted by atomic mass is 79.9. The molecule has 0 aliphatic carbocycles. The Balaban J connectivity index is 2.53. The number of imidazole rings is 1. The van der Waals surface area contributed by atoms with Gasteiger partial charge in [0.05, 0.1) is 24.9 Å². The fraction of sp³-hybridized carbons (Fsp3) is 0.600.